The Balaban J connectivity index is 1.67. The van der Waals surface area contributed by atoms with Gasteiger partial charge in [0.2, 0.25) is 5.91 Å². The first-order chi connectivity index (χ1) is 15.8. The number of rotatable bonds is 9. The number of allylic oxidation sites excluding steroid dienone is 1. The summed E-state index contributed by atoms with van der Waals surface area (Å²) >= 11 is 6.86. The van der Waals surface area contributed by atoms with Crippen LogP contribution in [0.2, 0.25) is 5.02 Å². The molecule has 1 heterocycles. The van der Waals surface area contributed by atoms with Crippen LogP contribution in [0.15, 0.2) is 60.3 Å². The largest absolute Gasteiger partial charge is 0.342 e. The van der Waals surface area contributed by atoms with E-state index in [1.165, 1.54) is 30.3 Å². The van der Waals surface area contributed by atoms with Gasteiger partial charge in [0, 0.05) is 12.2 Å². The lowest BCUT2D eigenvalue weighted by molar-refractivity contribution is -0.113. The Morgan fingerprint density at radius 1 is 1.21 bits per heavy atom. The van der Waals surface area contributed by atoms with Crippen LogP contribution in [0.25, 0.3) is 0 Å². The molecular formula is C22H20ClF2N5O2S. The number of halogens is 3. The Labute approximate surface area is 198 Å². The SMILES string of the molecule is C=CCn1c(SCC(=O)Nc2ccc(F)c(Cl)c2)nnc1[C@@H](C)NC(=O)c1ccccc1F. The highest BCUT2D eigenvalue weighted by molar-refractivity contribution is 7.99. The molecular weight excluding hydrogens is 472 g/mol. The summed E-state index contributed by atoms with van der Waals surface area (Å²) in [7, 11) is 0. The van der Waals surface area contributed by atoms with Gasteiger partial charge in [0.1, 0.15) is 11.6 Å². The monoisotopic (exact) mass is 491 g/mol. The van der Waals surface area contributed by atoms with E-state index in [0.29, 0.717) is 23.2 Å². The number of hydrogen-bond donors (Lipinski definition) is 2. The second kappa shape index (κ2) is 11.1. The van der Waals surface area contributed by atoms with Gasteiger partial charge in [-0.2, -0.15) is 0 Å². The minimum absolute atomic E-state index is 0.000236. The smallest absolute Gasteiger partial charge is 0.254 e. The van der Waals surface area contributed by atoms with Crippen LogP contribution < -0.4 is 10.6 Å². The van der Waals surface area contributed by atoms with E-state index in [-0.39, 0.29) is 22.2 Å². The van der Waals surface area contributed by atoms with Crippen molar-refractivity contribution in [2.24, 2.45) is 0 Å². The molecule has 0 aliphatic heterocycles. The number of amides is 2. The van der Waals surface area contributed by atoms with Crippen molar-refractivity contribution < 1.29 is 18.4 Å². The van der Waals surface area contributed by atoms with Crippen molar-refractivity contribution in [3.63, 3.8) is 0 Å². The molecule has 1 aromatic heterocycles. The van der Waals surface area contributed by atoms with Gasteiger partial charge in [0.25, 0.3) is 5.91 Å². The van der Waals surface area contributed by atoms with Crippen LogP contribution in [-0.4, -0.2) is 32.3 Å². The van der Waals surface area contributed by atoms with Crippen LogP contribution in [0.5, 0.6) is 0 Å². The van der Waals surface area contributed by atoms with Gasteiger partial charge in [-0.25, -0.2) is 8.78 Å². The maximum absolute atomic E-state index is 13.9. The van der Waals surface area contributed by atoms with Gasteiger partial charge >= 0.3 is 0 Å². The Morgan fingerprint density at radius 3 is 2.67 bits per heavy atom. The number of thioether (sulfide) groups is 1. The Hall–Kier alpha value is -3.24. The number of anilines is 1. The molecule has 0 aliphatic carbocycles. The molecule has 3 aromatic rings. The van der Waals surface area contributed by atoms with Crippen molar-refractivity contribution in [2.75, 3.05) is 11.1 Å². The standard InChI is InChI=1S/C22H20ClF2N5O2S/c1-3-10-30-20(13(2)26-21(32)15-6-4-5-7-17(15)24)28-29-22(30)33-12-19(31)27-14-8-9-18(25)16(23)11-14/h3-9,11,13H,1,10,12H2,2H3,(H,26,32)(H,27,31)/t13-/m1/s1. The summed E-state index contributed by atoms with van der Waals surface area (Å²) in [6, 6.07) is 8.96. The van der Waals surface area contributed by atoms with E-state index in [0.717, 1.165) is 17.8 Å². The average molecular weight is 492 g/mol. The molecule has 33 heavy (non-hydrogen) atoms. The van der Waals surface area contributed by atoms with Gasteiger partial charge in [-0.1, -0.05) is 41.6 Å². The fraction of sp³-hybridized carbons (Fsp3) is 0.182. The summed E-state index contributed by atoms with van der Waals surface area (Å²) in [5.41, 5.74) is 0.288. The van der Waals surface area contributed by atoms with E-state index in [4.69, 9.17) is 11.6 Å². The highest BCUT2D eigenvalue weighted by Gasteiger charge is 2.21. The summed E-state index contributed by atoms with van der Waals surface area (Å²) < 4.78 is 28.9. The van der Waals surface area contributed by atoms with E-state index in [1.807, 2.05) is 0 Å². The van der Waals surface area contributed by atoms with Crippen molar-refractivity contribution in [2.45, 2.75) is 24.7 Å². The third kappa shape index (κ3) is 6.17. The van der Waals surface area contributed by atoms with E-state index in [2.05, 4.69) is 27.4 Å². The molecule has 172 valence electrons. The predicted octanol–water partition coefficient (Wildman–Crippen LogP) is 4.62. The van der Waals surface area contributed by atoms with Crippen molar-refractivity contribution in [1.82, 2.24) is 20.1 Å². The van der Waals surface area contributed by atoms with E-state index >= 15 is 0 Å². The fourth-order valence-electron chi connectivity index (χ4n) is 2.91. The molecule has 0 bridgehead atoms. The minimum Gasteiger partial charge on any atom is -0.342 e. The summed E-state index contributed by atoms with van der Waals surface area (Å²) in [5, 5.41) is 13.9. The average Bonchev–Trinajstić information content (AvgIpc) is 3.18. The maximum atomic E-state index is 13.9. The van der Waals surface area contributed by atoms with E-state index in [1.54, 1.807) is 23.6 Å². The molecule has 0 saturated carbocycles. The second-order valence-electron chi connectivity index (χ2n) is 6.88. The maximum Gasteiger partial charge on any atom is 0.254 e. The second-order valence-corrected chi connectivity index (χ2v) is 8.23. The van der Waals surface area contributed by atoms with Gasteiger partial charge in [-0.15, -0.1) is 16.8 Å². The molecule has 1 atom stereocenters. The minimum atomic E-state index is -0.626. The Bertz CT molecular complexity index is 1190. The first kappa shape index (κ1) is 24.4. The first-order valence-corrected chi connectivity index (χ1v) is 11.1. The van der Waals surface area contributed by atoms with E-state index < -0.39 is 23.6 Å². The topological polar surface area (TPSA) is 88.9 Å². The van der Waals surface area contributed by atoms with Crippen molar-refractivity contribution in [3.8, 4) is 0 Å². The summed E-state index contributed by atoms with van der Waals surface area (Å²) in [6.07, 6.45) is 1.63. The van der Waals surface area contributed by atoms with Gasteiger partial charge in [0.15, 0.2) is 11.0 Å². The van der Waals surface area contributed by atoms with Crippen molar-refractivity contribution in [3.05, 3.63) is 83.2 Å². The van der Waals surface area contributed by atoms with Gasteiger partial charge in [-0.3, -0.25) is 9.59 Å². The molecule has 3 rings (SSSR count). The molecule has 0 aliphatic rings. The number of benzene rings is 2. The normalized spacial score (nSPS) is 11.6. The lowest BCUT2D eigenvalue weighted by Crippen LogP contribution is -2.29. The molecule has 2 amide bonds. The van der Waals surface area contributed by atoms with E-state index in [9.17, 15) is 18.4 Å². The lowest BCUT2D eigenvalue weighted by atomic mass is 10.2. The lowest BCUT2D eigenvalue weighted by Gasteiger charge is -2.15. The summed E-state index contributed by atoms with van der Waals surface area (Å²) in [5.74, 6) is -1.71. The molecule has 0 spiro atoms. The van der Waals surface area contributed by atoms with Crippen LogP contribution in [0, 0.1) is 11.6 Å². The molecule has 0 unspecified atom stereocenters. The molecule has 2 aromatic carbocycles. The quantitative estimate of drug-likeness (QED) is 0.337. The number of hydrogen-bond acceptors (Lipinski definition) is 5. The number of aromatic nitrogens is 3. The Morgan fingerprint density at radius 2 is 1.97 bits per heavy atom. The van der Waals surface area contributed by atoms with Gasteiger partial charge < -0.3 is 15.2 Å². The van der Waals surface area contributed by atoms with Gasteiger partial charge in [-0.05, 0) is 37.3 Å². The Kier molecular flexibility index (Phi) is 8.18. The van der Waals surface area contributed by atoms with Crippen LogP contribution in [0.1, 0.15) is 29.1 Å². The predicted molar refractivity (Wildman–Crippen MR) is 123 cm³/mol. The summed E-state index contributed by atoms with van der Waals surface area (Å²) in [4.78, 5) is 24.7. The number of nitrogens with one attached hydrogen (secondary N) is 2. The van der Waals surface area contributed by atoms with Gasteiger partial charge in [0.05, 0.1) is 22.4 Å². The molecule has 11 heteroatoms. The zero-order chi connectivity index (χ0) is 24.0. The van der Waals surface area contributed by atoms with Crippen LogP contribution in [0.4, 0.5) is 14.5 Å². The zero-order valence-corrected chi connectivity index (χ0v) is 19.1. The third-order valence-corrected chi connectivity index (χ3v) is 5.70. The number of carbonyl (C=O) groups excluding carboxylic acids is 2. The van der Waals surface area contributed by atoms with Crippen molar-refractivity contribution in [1.29, 1.82) is 0 Å². The number of carbonyl (C=O) groups is 2. The molecule has 0 radical (unpaired) electrons. The first-order valence-electron chi connectivity index (χ1n) is 9.77. The highest BCUT2D eigenvalue weighted by atomic mass is 35.5. The molecule has 0 fully saturated rings. The molecule has 7 nitrogen and oxygen atoms in total. The fourth-order valence-corrected chi connectivity index (χ4v) is 3.85. The van der Waals surface area contributed by atoms with Crippen molar-refractivity contribution >= 4 is 40.9 Å². The highest BCUT2D eigenvalue weighted by Crippen LogP contribution is 2.23. The molecule has 2 N–H and O–H groups in total. The van der Waals surface area contributed by atoms with Crippen LogP contribution in [0.3, 0.4) is 0 Å². The van der Waals surface area contributed by atoms with Crippen LogP contribution in [-0.2, 0) is 11.3 Å². The third-order valence-electron chi connectivity index (χ3n) is 4.45. The summed E-state index contributed by atoms with van der Waals surface area (Å²) in [6.45, 7) is 5.75. The van der Waals surface area contributed by atoms with Crippen LogP contribution >= 0.6 is 23.4 Å². The zero-order valence-electron chi connectivity index (χ0n) is 17.5. The molecule has 0 saturated heterocycles. The number of nitrogens with zero attached hydrogens (tertiary/aromatic N) is 3.